The summed E-state index contributed by atoms with van der Waals surface area (Å²) in [5.41, 5.74) is 1.94. The first-order valence-electron chi connectivity index (χ1n) is 8.75. The van der Waals surface area contributed by atoms with Crippen LogP contribution in [0.4, 0.5) is 0 Å². The summed E-state index contributed by atoms with van der Waals surface area (Å²) in [6.45, 7) is 0.644. The molecule has 0 atom stereocenters. The lowest BCUT2D eigenvalue weighted by Gasteiger charge is -2.22. The van der Waals surface area contributed by atoms with Crippen LogP contribution in [0.1, 0.15) is 18.4 Å². The lowest BCUT2D eigenvalue weighted by Crippen LogP contribution is -2.33. The number of halogens is 1. The standard InChI is InChI=1S/C20H18ClN3O2S/c21-16-8-6-15(7-9-16)19-22-23-20(26-19)27-13-18(25)24(17-10-11-17)12-14-4-2-1-3-5-14/h1-9,17H,10-13H2. The quantitative estimate of drug-likeness (QED) is 0.540. The van der Waals surface area contributed by atoms with Gasteiger partial charge in [-0.25, -0.2) is 0 Å². The molecule has 138 valence electrons. The molecule has 1 heterocycles. The molecule has 1 saturated carbocycles. The van der Waals surface area contributed by atoms with Crippen LogP contribution in [0.25, 0.3) is 11.5 Å². The molecule has 1 amide bonds. The summed E-state index contributed by atoms with van der Waals surface area (Å²) < 4.78 is 5.66. The molecule has 1 aliphatic rings. The second-order valence-corrected chi connectivity index (χ2v) is 7.77. The maximum atomic E-state index is 12.7. The maximum Gasteiger partial charge on any atom is 0.277 e. The van der Waals surface area contributed by atoms with Crippen LogP contribution in [0, 0.1) is 0 Å². The molecule has 0 unspecified atom stereocenters. The average Bonchev–Trinajstić information content (AvgIpc) is 3.43. The molecule has 3 aromatic rings. The van der Waals surface area contributed by atoms with Crippen LogP contribution < -0.4 is 0 Å². The molecule has 0 saturated heterocycles. The molecule has 4 rings (SSSR count). The van der Waals surface area contributed by atoms with E-state index in [1.165, 1.54) is 11.8 Å². The third-order valence-electron chi connectivity index (χ3n) is 4.32. The Morgan fingerprint density at radius 1 is 1.11 bits per heavy atom. The molecule has 1 fully saturated rings. The number of hydrogen-bond acceptors (Lipinski definition) is 5. The van der Waals surface area contributed by atoms with Gasteiger partial charge in [0.05, 0.1) is 5.75 Å². The largest absolute Gasteiger partial charge is 0.411 e. The molecule has 0 N–H and O–H groups in total. The topological polar surface area (TPSA) is 59.2 Å². The van der Waals surface area contributed by atoms with Crippen molar-refractivity contribution in [1.29, 1.82) is 0 Å². The number of benzene rings is 2. The van der Waals surface area contributed by atoms with Gasteiger partial charge in [-0.05, 0) is 42.7 Å². The van der Waals surface area contributed by atoms with E-state index in [1.54, 1.807) is 12.1 Å². The van der Waals surface area contributed by atoms with Gasteiger partial charge in [-0.3, -0.25) is 4.79 Å². The predicted molar refractivity (Wildman–Crippen MR) is 105 cm³/mol. The van der Waals surface area contributed by atoms with Gasteiger partial charge < -0.3 is 9.32 Å². The molecule has 0 spiro atoms. The Hall–Kier alpha value is -2.31. The van der Waals surface area contributed by atoms with Gasteiger partial charge in [-0.2, -0.15) is 0 Å². The fourth-order valence-corrected chi connectivity index (χ4v) is 3.55. The van der Waals surface area contributed by atoms with Gasteiger partial charge in [0.15, 0.2) is 0 Å². The molecular weight excluding hydrogens is 382 g/mol. The second kappa shape index (κ2) is 8.15. The molecule has 1 aromatic heterocycles. The van der Waals surface area contributed by atoms with Crippen molar-refractivity contribution in [2.24, 2.45) is 0 Å². The van der Waals surface area contributed by atoms with Gasteiger partial charge in [-0.15, -0.1) is 10.2 Å². The molecule has 2 aromatic carbocycles. The van der Waals surface area contributed by atoms with Crippen molar-refractivity contribution >= 4 is 29.3 Å². The molecule has 5 nitrogen and oxygen atoms in total. The van der Waals surface area contributed by atoms with Crippen molar-refractivity contribution in [1.82, 2.24) is 15.1 Å². The van der Waals surface area contributed by atoms with Gasteiger partial charge in [0.1, 0.15) is 0 Å². The van der Waals surface area contributed by atoms with Gasteiger partial charge >= 0.3 is 0 Å². The summed E-state index contributed by atoms with van der Waals surface area (Å²) in [5.74, 6) is 0.800. The summed E-state index contributed by atoms with van der Waals surface area (Å²) in [5, 5.41) is 9.12. The molecule has 1 aliphatic carbocycles. The van der Waals surface area contributed by atoms with E-state index in [2.05, 4.69) is 10.2 Å². The first-order chi connectivity index (χ1) is 13.2. The van der Waals surface area contributed by atoms with Crippen molar-refractivity contribution in [3.63, 3.8) is 0 Å². The van der Waals surface area contributed by atoms with E-state index in [0.717, 1.165) is 24.0 Å². The Kier molecular flexibility index (Phi) is 5.45. The minimum absolute atomic E-state index is 0.0950. The minimum atomic E-state index is 0.0950. The average molecular weight is 400 g/mol. The zero-order valence-electron chi connectivity index (χ0n) is 14.5. The van der Waals surface area contributed by atoms with E-state index in [-0.39, 0.29) is 11.7 Å². The first-order valence-corrected chi connectivity index (χ1v) is 10.1. The number of aromatic nitrogens is 2. The summed E-state index contributed by atoms with van der Waals surface area (Å²) in [6.07, 6.45) is 2.15. The van der Waals surface area contributed by atoms with Gasteiger partial charge in [0.25, 0.3) is 5.22 Å². The SMILES string of the molecule is O=C(CSc1nnc(-c2ccc(Cl)cc2)o1)N(Cc1ccccc1)C1CC1. The summed E-state index contributed by atoms with van der Waals surface area (Å²) in [6, 6.07) is 17.6. The highest BCUT2D eigenvalue weighted by molar-refractivity contribution is 7.99. The van der Waals surface area contributed by atoms with E-state index < -0.39 is 0 Å². The fourth-order valence-electron chi connectivity index (χ4n) is 2.77. The number of carbonyl (C=O) groups is 1. The Balaban J connectivity index is 1.37. The van der Waals surface area contributed by atoms with E-state index in [4.69, 9.17) is 16.0 Å². The summed E-state index contributed by atoms with van der Waals surface area (Å²) in [7, 11) is 0. The zero-order valence-corrected chi connectivity index (χ0v) is 16.1. The number of carbonyl (C=O) groups excluding carboxylic acids is 1. The highest BCUT2D eigenvalue weighted by Gasteiger charge is 2.32. The third-order valence-corrected chi connectivity index (χ3v) is 5.38. The molecule has 0 bridgehead atoms. The van der Waals surface area contributed by atoms with E-state index in [1.807, 2.05) is 47.4 Å². The van der Waals surface area contributed by atoms with Gasteiger partial charge in [-0.1, -0.05) is 53.7 Å². The maximum absolute atomic E-state index is 12.7. The van der Waals surface area contributed by atoms with E-state index >= 15 is 0 Å². The summed E-state index contributed by atoms with van der Waals surface area (Å²) in [4.78, 5) is 14.7. The van der Waals surface area contributed by atoms with E-state index in [9.17, 15) is 4.79 Å². The molecule has 0 radical (unpaired) electrons. The Bertz CT molecular complexity index is 910. The van der Waals surface area contributed by atoms with Crippen LogP contribution in [0.5, 0.6) is 0 Å². The third kappa shape index (κ3) is 4.70. The van der Waals surface area contributed by atoms with Crippen molar-refractivity contribution in [2.75, 3.05) is 5.75 Å². The van der Waals surface area contributed by atoms with Crippen LogP contribution in [-0.2, 0) is 11.3 Å². The molecular formula is C20H18ClN3O2S. The minimum Gasteiger partial charge on any atom is -0.411 e. The predicted octanol–water partition coefficient (Wildman–Crippen LogP) is 4.67. The van der Waals surface area contributed by atoms with Crippen LogP contribution in [0.2, 0.25) is 5.02 Å². The van der Waals surface area contributed by atoms with Gasteiger partial charge in [0.2, 0.25) is 11.8 Å². The molecule has 27 heavy (non-hydrogen) atoms. The highest BCUT2D eigenvalue weighted by Crippen LogP contribution is 2.30. The van der Waals surface area contributed by atoms with Crippen molar-refractivity contribution in [3.05, 3.63) is 65.2 Å². The van der Waals surface area contributed by atoms with Crippen LogP contribution >= 0.6 is 23.4 Å². The number of nitrogens with zero attached hydrogens (tertiary/aromatic N) is 3. The van der Waals surface area contributed by atoms with Crippen molar-refractivity contribution < 1.29 is 9.21 Å². The van der Waals surface area contributed by atoms with Crippen LogP contribution in [0.3, 0.4) is 0 Å². The Labute approximate surface area is 166 Å². The first kappa shape index (κ1) is 18.1. The highest BCUT2D eigenvalue weighted by atomic mass is 35.5. The van der Waals surface area contributed by atoms with Crippen molar-refractivity contribution in [2.45, 2.75) is 30.7 Å². The number of hydrogen-bond donors (Lipinski definition) is 0. The van der Waals surface area contributed by atoms with Gasteiger partial charge in [0, 0.05) is 23.2 Å². The number of rotatable bonds is 7. The number of thioether (sulfide) groups is 1. The zero-order chi connectivity index (χ0) is 18.6. The normalized spacial score (nSPS) is 13.5. The number of amides is 1. The lowest BCUT2D eigenvalue weighted by molar-refractivity contribution is -0.129. The van der Waals surface area contributed by atoms with Crippen molar-refractivity contribution in [3.8, 4) is 11.5 Å². The fraction of sp³-hybridized carbons (Fsp3) is 0.250. The second-order valence-electron chi connectivity index (χ2n) is 6.41. The monoisotopic (exact) mass is 399 g/mol. The van der Waals surface area contributed by atoms with Crippen LogP contribution in [0.15, 0.2) is 64.2 Å². The van der Waals surface area contributed by atoms with E-state index in [0.29, 0.717) is 28.7 Å². The summed E-state index contributed by atoms with van der Waals surface area (Å²) >= 11 is 7.17. The van der Waals surface area contributed by atoms with Crippen LogP contribution in [-0.4, -0.2) is 32.8 Å². The molecule has 7 heteroatoms. The molecule has 0 aliphatic heterocycles. The Morgan fingerprint density at radius 2 is 1.85 bits per heavy atom. The Morgan fingerprint density at radius 3 is 2.56 bits per heavy atom. The smallest absolute Gasteiger partial charge is 0.277 e. The lowest BCUT2D eigenvalue weighted by atomic mass is 10.2.